The quantitative estimate of drug-likeness (QED) is 0.188. The van der Waals surface area contributed by atoms with Gasteiger partial charge in [0.1, 0.15) is 0 Å². The number of rotatable bonds is 4. The number of hydrogen-bond acceptors (Lipinski definition) is 2. The van der Waals surface area contributed by atoms with E-state index in [-0.39, 0.29) is 0 Å². The molecule has 7 aromatic carbocycles. The van der Waals surface area contributed by atoms with Crippen molar-refractivity contribution >= 4 is 65.4 Å². The minimum Gasteiger partial charge on any atom is -0.308 e. The van der Waals surface area contributed by atoms with E-state index in [2.05, 4.69) is 179 Å². The summed E-state index contributed by atoms with van der Waals surface area (Å²) in [4.78, 5) is 9.82. The van der Waals surface area contributed by atoms with E-state index in [1.54, 1.807) is 0 Å². The lowest BCUT2D eigenvalue weighted by molar-refractivity contribution is 1.17. The summed E-state index contributed by atoms with van der Waals surface area (Å²) >= 11 is 0. The Morgan fingerprint density at radius 3 is 1.37 bits per heavy atom. The van der Waals surface area contributed by atoms with E-state index in [1.165, 1.54) is 43.8 Å². The Labute approximate surface area is 299 Å². The lowest BCUT2D eigenvalue weighted by atomic mass is 9.99. The molecule has 4 heterocycles. The number of hydrogen-bond donors (Lipinski definition) is 0. The van der Waals surface area contributed by atoms with Crippen LogP contribution in [-0.4, -0.2) is 19.1 Å². The molecule has 52 heavy (non-hydrogen) atoms. The molecule has 0 spiro atoms. The minimum absolute atomic E-state index is 0.994. The van der Waals surface area contributed by atoms with Crippen molar-refractivity contribution in [2.75, 3.05) is 0 Å². The van der Waals surface area contributed by atoms with Gasteiger partial charge in [-0.25, -0.2) is 0 Å². The molecule has 0 radical (unpaired) electrons. The van der Waals surface area contributed by atoms with Crippen LogP contribution >= 0.6 is 0 Å². The van der Waals surface area contributed by atoms with Crippen molar-refractivity contribution in [2.24, 2.45) is 0 Å². The van der Waals surface area contributed by atoms with Gasteiger partial charge in [0, 0.05) is 43.7 Å². The van der Waals surface area contributed by atoms with Crippen LogP contribution in [0.1, 0.15) is 0 Å². The van der Waals surface area contributed by atoms with Crippen LogP contribution in [0.4, 0.5) is 0 Å². The Morgan fingerprint density at radius 1 is 0.308 bits per heavy atom. The van der Waals surface area contributed by atoms with Gasteiger partial charge < -0.3 is 9.13 Å². The molecule has 0 N–H and O–H groups in total. The molecule has 0 aliphatic rings. The molecule has 0 amide bonds. The topological polar surface area (TPSA) is 35.6 Å². The second-order valence-electron chi connectivity index (χ2n) is 13.5. The van der Waals surface area contributed by atoms with Crippen molar-refractivity contribution in [3.8, 4) is 33.6 Å². The summed E-state index contributed by atoms with van der Waals surface area (Å²) in [5.41, 5.74) is 13.5. The third-order valence-corrected chi connectivity index (χ3v) is 10.6. The summed E-state index contributed by atoms with van der Waals surface area (Å²) in [6.45, 7) is 0. The first-order valence-corrected chi connectivity index (χ1v) is 17.7. The van der Waals surface area contributed by atoms with Crippen LogP contribution in [0.5, 0.6) is 0 Å². The third-order valence-electron chi connectivity index (χ3n) is 10.6. The fourth-order valence-electron chi connectivity index (χ4n) is 8.24. The van der Waals surface area contributed by atoms with Gasteiger partial charge in [-0.2, -0.15) is 0 Å². The molecule has 0 aliphatic carbocycles. The van der Waals surface area contributed by atoms with Crippen molar-refractivity contribution in [1.82, 2.24) is 19.1 Å². The van der Waals surface area contributed by atoms with Crippen molar-refractivity contribution in [3.05, 3.63) is 182 Å². The fraction of sp³-hybridized carbons (Fsp3) is 0. The monoisotopic (exact) mass is 662 g/mol. The van der Waals surface area contributed by atoms with E-state index in [4.69, 9.17) is 9.97 Å². The summed E-state index contributed by atoms with van der Waals surface area (Å²) in [6, 6.07) is 60.8. The Hall–Kier alpha value is -7.04. The van der Waals surface area contributed by atoms with Crippen molar-refractivity contribution in [2.45, 2.75) is 0 Å². The number of benzene rings is 7. The van der Waals surface area contributed by atoms with Crippen LogP contribution in [-0.2, 0) is 0 Å². The van der Waals surface area contributed by atoms with Crippen LogP contribution in [0.3, 0.4) is 0 Å². The summed E-state index contributed by atoms with van der Waals surface area (Å²) in [7, 11) is 0. The predicted molar refractivity (Wildman–Crippen MR) is 217 cm³/mol. The Bertz CT molecular complexity index is 3170. The molecule has 4 aromatic heterocycles. The van der Waals surface area contributed by atoms with Gasteiger partial charge >= 0.3 is 0 Å². The average Bonchev–Trinajstić information content (AvgIpc) is 3.74. The number of aromatic nitrogens is 4. The standard InChI is InChI=1S/C48H30N4/c1-3-12-31(13-4-1)32-14-11-17-36(26-32)52-44-25-23-34(28-40(44)48-38-19-8-10-21-42(38)50-30-46(48)52)33-22-24-43-39(27-33)47-37-18-7-9-20-41(37)49-29-45(47)51(43)35-15-5-2-6-16-35/h1-30H. The van der Waals surface area contributed by atoms with Crippen LogP contribution in [0, 0.1) is 0 Å². The second-order valence-corrected chi connectivity index (χ2v) is 13.5. The van der Waals surface area contributed by atoms with Crippen molar-refractivity contribution in [3.63, 3.8) is 0 Å². The predicted octanol–water partition coefficient (Wildman–Crippen LogP) is 12.3. The summed E-state index contributed by atoms with van der Waals surface area (Å²) in [6.07, 6.45) is 4.06. The zero-order chi connectivity index (χ0) is 34.2. The molecule has 0 unspecified atom stereocenters. The lowest BCUT2D eigenvalue weighted by Gasteiger charge is -2.11. The molecule has 0 aliphatic heterocycles. The molecule has 242 valence electrons. The third kappa shape index (κ3) is 4.28. The highest BCUT2D eigenvalue weighted by atomic mass is 15.0. The van der Waals surface area contributed by atoms with Crippen LogP contribution in [0.25, 0.3) is 99.0 Å². The highest BCUT2D eigenvalue weighted by Crippen LogP contribution is 2.41. The van der Waals surface area contributed by atoms with Crippen molar-refractivity contribution in [1.29, 1.82) is 0 Å². The number of para-hydroxylation sites is 3. The first kappa shape index (κ1) is 28.8. The molecule has 0 saturated heterocycles. The number of pyridine rings is 2. The van der Waals surface area contributed by atoms with Gasteiger partial charge in [-0.15, -0.1) is 0 Å². The molecule has 4 heteroatoms. The highest BCUT2D eigenvalue weighted by molar-refractivity contribution is 6.22. The van der Waals surface area contributed by atoms with Crippen LogP contribution < -0.4 is 0 Å². The minimum atomic E-state index is 0.994. The molecule has 4 nitrogen and oxygen atoms in total. The SMILES string of the molecule is c1ccc(-c2cccc(-n3c4ccc(-c5ccc6c(c5)c5c7ccccc7ncc5n6-c5ccccc5)cc4c4c5ccccc5ncc43)c2)cc1. The maximum Gasteiger partial charge on any atom is 0.0730 e. The van der Waals surface area contributed by atoms with Gasteiger partial charge in [0.25, 0.3) is 0 Å². The zero-order valence-electron chi connectivity index (χ0n) is 28.1. The molecule has 11 rings (SSSR count). The van der Waals surface area contributed by atoms with Crippen LogP contribution in [0.2, 0.25) is 0 Å². The zero-order valence-corrected chi connectivity index (χ0v) is 28.1. The lowest BCUT2D eigenvalue weighted by Crippen LogP contribution is -1.95. The molecular formula is C48H30N4. The van der Waals surface area contributed by atoms with Gasteiger partial charge in [-0.3, -0.25) is 9.97 Å². The molecule has 0 saturated carbocycles. The molecule has 0 fully saturated rings. The van der Waals surface area contributed by atoms with E-state index in [9.17, 15) is 0 Å². The van der Waals surface area contributed by atoms with Gasteiger partial charge in [-0.1, -0.05) is 109 Å². The van der Waals surface area contributed by atoms with Gasteiger partial charge in [0.05, 0.1) is 45.5 Å². The maximum atomic E-state index is 4.94. The molecule has 0 bridgehead atoms. The number of nitrogens with zero attached hydrogens (tertiary/aromatic N) is 4. The van der Waals surface area contributed by atoms with E-state index < -0.39 is 0 Å². The summed E-state index contributed by atoms with van der Waals surface area (Å²) in [5, 5.41) is 7.17. The number of fused-ring (bicyclic) bond motifs is 10. The first-order chi connectivity index (χ1) is 25.8. The Morgan fingerprint density at radius 2 is 0.769 bits per heavy atom. The normalized spacial score (nSPS) is 11.8. The molecule has 11 aromatic rings. The van der Waals surface area contributed by atoms with Gasteiger partial charge in [0.2, 0.25) is 0 Å². The summed E-state index contributed by atoms with van der Waals surface area (Å²) in [5.74, 6) is 0. The largest absolute Gasteiger partial charge is 0.308 e. The van der Waals surface area contributed by atoms with E-state index in [1.807, 2.05) is 12.4 Å². The Kier molecular flexibility index (Phi) is 6.22. The molecule has 0 atom stereocenters. The average molecular weight is 663 g/mol. The fourth-order valence-corrected chi connectivity index (χ4v) is 8.24. The van der Waals surface area contributed by atoms with Gasteiger partial charge in [-0.05, 0) is 82.9 Å². The highest BCUT2D eigenvalue weighted by Gasteiger charge is 2.19. The molecular weight excluding hydrogens is 633 g/mol. The first-order valence-electron chi connectivity index (χ1n) is 17.7. The Balaban J connectivity index is 1.17. The summed E-state index contributed by atoms with van der Waals surface area (Å²) < 4.78 is 4.71. The van der Waals surface area contributed by atoms with E-state index in [0.29, 0.717) is 0 Å². The van der Waals surface area contributed by atoms with Crippen molar-refractivity contribution < 1.29 is 0 Å². The maximum absolute atomic E-state index is 4.94. The van der Waals surface area contributed by atoms with Gasteiger partial charge in [0.15, 0.2) is 0 Å². The van der Waals surface area contributed by atoms with E-state index in [0.717, 1.165) is 55.2 Å². The smallest absolute Gasteiger partial charge is 0.0730 e. The van der Waals surface area contributed by atoms with Crippen LogP contribution in [0.15, 0.2) is 182 Å². The van der Waals surface area contributed by atoms with E-state index >= 15 is 0 Å². The second kappa shape index (κ2) is 11.2.